The van der Waals surface area contributed by atoms with Crippen LogP contribution in [0, 0.1) is 0 Å². The van der Waals surface area contributed by atoms with Gasteiger partial charge in [-0.15, -0.1) is 0 Å². The summed E-state index contributed by atoms with van der Waals surface area (Å²) in [6.45, 7) is 7.61. The van der Waals surface area contributed by atoms with E-state index < -0.39 is 17.6 Å². The van der Waals surface area contributed by atoms with Crippen LogP contribution in [0.2, 0.25) is 0 Å². The molecule has 0 fully saturated rings. The summed E-state index contributed by atoms with van der Waals surface area (Å²) in [7, 11) is 0. The van der Waals surface area contributed by atoms with Crippen molar-refractivity contribution in [1.82, 2.24) is 4.98 Å². The zero-order chi connectivity index (χ0) is 15.4. The predicted octanol–water partition coefficient (Wildman–Crippen LogP) is 3.81. The molecule has 0 radical (unpaired) electrons. The van der Waals surface area contributed by atoms with Gasteiger partial charge in [-0.3, -0.25) is 4.98 Å². The van der Waals surface area contributed by atoms with Crippen molar-refractivity contribution in [3.8, 4) is 0 Å². The minimum Gasteiger partial charge on any atom is -0.461 e. The maximum Gasteiger partial charge on any atom is 0.384 e. The second kappa shape index (κ2) is 6.29. The van der Waals surface area contributed by atoms with Crippen molar-refractivity contribution in [3.05, 3.63) is 29.6 Å². The Balaban J connectivity index is 2.94. The first kappa shape index (κ1) is 16.5. The molecule has 1 aromatic heterocycles. The van der Waals surface area contributed by atoms with Gasteiger partial charge in [0.2, 0.25) is 0 Å². The van der Waals surface area contributed by atoms with E-state index in [1.165, 1.54) is 12.3 Å². The SMILES string of the molecule is CCCCOC(=O)C(F)(F)c1cc(C(C)(C)C)ccn1. The lowest BCUT2D eigenvalue weighted by atomic mass is 9.87. The molecule has 0 aliphatic carbocycles. The number of halogens is 2. The number of carbonyl (C=O) groups is 1. The van der Waals surface area contributed by atoms with E-state index in [-0.39, 0.29) is 12.0 Å². The Kier molecular flexibility index (Phi) is 5.20. The molecule has 20 heavy (non-hydrogen) atoms. The molecule has 0 aromatic carbocycles. The Bertz CT molecular complexity index is 467. The number of hydrogen-bond acceptors (Lipinski definition) is 3. The maximum absolute atomic E-state index is 14.0. The van der Waals surface area contributed by atoms with E-state index in [1.54, 1.807) is 6.07 Å². The fraction of sp³-hybridized carbons (Fsp3) is 0.600. The summed E-state index contributed by atoms with van der Waals surface area (Å²) in [5.74, 6) is -5.25. The van der Waals surface area contributed by atoms with E-state index in [1.807, 2.05) is 27.7 Å². The lowest BCUT2D eigenvalue weighted by Crippen LogP contribution is -2.30. The molecule has 1 rings (SSSR count). The molecule has 0 bridgehead atoms. The molecule has 0 aliphatic heterocycles. The molecule has 112 valence electrons. The average molecular weight is 285 g/mol. The number of ether oxygens (including phenoxy) is 1. The van der Waals surface area contributed by atoms with Gasteiger partial charge in [0.25, 0.3) is 0 Å². The quantitative estimate of drug-likeness (QED) is 0.610. The second-order valence-electron chi connectivity index (χ2n) is 5.74. The van der Waals surface area contributed by atoms with Gasteiger partial charge in [-0.1, -0.05) is 34.1 Å². The minimum atomic E-state index is -3.71. The molecule has 0 aliphatic rings. The topological polar surface area (TPSA) is 39.2 Å². The number of nitrogens with zero attached hydrogens (tertiary/aromatic N) is 1. The molecule has 0 atom stereocenters. The van der Waals surface area contributed by atoms with Crippen LogP contribution < -0.4 is 0 Å². The van der Waals surface area contributed by atoms with Gasteiger partial charge in [0.1, 0.15) is 5.69 Å². The van der Waals surface area contributed by atoms with E-state index in [9.17, 15) is 13.6 Å². The minimum absolute atomic E-state index is 0.00385. The highest BCUT2D eigenvalue weighted by molar-refractivity contribution is 5.78. The predicted molar refractivity (Wildman–Crippen MR) is 72.7 cm³/mol. The monoisotopic (exact) mass is 285 g/mol. The van der Waals surface area contributed by atoms with Crippen LogP contribution in [-0.2, 0) is 20.9 Å². The number of hydrogen-bond donors (Lipinski definition) is 0. The lowest BCUT2D eigenvalue weighted by molar-refractivity contribution is -0.174. The summed E-state index contributed by atoms with van der Waals surface area (Å²) >= 11 is 0. The largest absolute Gasteiger partial charge is 0.461 e. The molecule has 3 nitrogen and oxygen atoms in total. The van der Waals surface area contributed by atoms with Gasteiger partial charge in [-0.05, 0) is 29.5 Å². The standard InChI is InChI=1S/C15H21F2NO2/c1-5-6-9-20-13(19)15(16,17)12-10-11(7-8-18-12)14(2,3)4/h7-8,10H,5-6,9H2,1-4H3. The first-order valence-electron chi connectivity index (χ1n) is 6.71. The zero-order valence-corrected chi connectivity index (χ0v) is 12.4. The number of esters is 1. The third kappa shape index (κ3) is 3.99. The van der Waals surface area contributed by atoms with Crippen LogP contribution in [0.3, 0.4) is 0 Å². The first-order chi connectivity index (χ1) is 9.19. The van der Waals surface area contributed by atoms with Crippen molar-refractivity contribution in [2.24, 2.45) is 0 Å². The first-order valence-corrected chi connectivity index (χ1v) is 6.71. The van der Waals surface area contributed by atoms with Crippen LogP contribution in [0.4, 0.5) is 8.78 Å². The summed E-state index contributed by atoms with van der Waals surface area (Å²) < 4.78 is 32.6. The van der Waals surface area contributed by atoms with E-state index in [0.29, 0.717) is 12.0 Å². The van der Waals surface area contributed by atoms with Crippen molar-refractivity contribution >= 4 is 5.97 Å². The number of rotatable bonds is 5. The van der Waals surface area contributed by atoms with Crippen LogP contribution in [-0.4, -0.2) is 17.6 Å². The molecule has 0 spiro atoms. The number of alkyl halides is 2. The fourth-order valence-electron chi connectivity index (χ4n) is 1.57. The highest BCUT2D eigenvalue weighted by atomic mass is 19.3. The van der Waals surface area contributed by atoms with Gasteiger partial charge >= 0.3 is 11.9 Å². The Morgan fingerprint density at radius 3 is 2.55 bits per heavy atom. The molecule has 1 heterocycles. The van der Waals surface area contributed by atoms with E-state index in [2.05, 4.69) is 9.72 Å². The van der Waals surface area contributed by atoms with Gasteiger partial charge in [0.05, 0.1) is 6.61 Å². The lowest BCUT2D eigenvalue weighted by Gasteiger charge is -2.21. The van der Waals surface area contributed by atoms with Gasteiger partial charge in [-0.2, -0.15) is 8.78 Å². The molecule has 0 saturated heterocycles. The third-order valence-electron chi connectivity index (χ3n) is 2.94. The molecule has 5 heteroatoms. The Morgan fingerprint density at radius 2 is 2.00 bits per heavy atom. The maximum atomic E-state index is 14.0. The molecular formula is C15H21F2NO2. The van der Waals surface area contributed by atoms with Crippen molar-refractivity contribution < 1.29 is 18.3 Å². The number of unbranched alkanes of at least 4 members (excludes halogenated alkanes) is 1. The fourth-order valence-corrected chi connectivity index (χ4v) is 1.57. The summed E-state index contributed by atoms with van der Waals surface area (Å²) in [6, 6.07) is 2.93. The van der Waals surface area contributed by atoms with Crippen molar-refractivity contribution in [2.45, 2.75) is 51.9 Å². The summed E-state index contributed by atoms with van der Waals surface area (Å²) in [6.07, 6.45) is 2.64. The van der Waals surface area contributed by atoms with E-state index >= 15 is 0 Å². The van der Waals surface area contributed by atoms with Crippen molar-refractivity contribution in [3.63, 3.8) is 0 Å². The van der Waals surface area contributed by atoms with Gasteiger partial charge in [-0.25, -0.2) is 4.79 Å². The van der Waals surface area contributed by atoms with E-state index in [0.717, 1.165) is 6.42 Å². The number of aromatic nitrogens is 1. The molecular weight excluding hydrogens is 264 g/mol. The Morgan fingerprint density at radius 1 is 1.35 bits per heavy atom. The average Bonchev–Trinajstić information content (AvgIpc) is 2.38. The van der Waals surface area contributed by atoms with E-state index in [4.69, 9.17) is 0 Å². The summed E-state index contributed by atoms with van der Waals surface area (Å²) in [5.41, 5.74) is -0.158. The molecule has 0 saturated carbocycles. The van der Waals surface area contributed by atoms with Crippen molar-refractivity contribution in [1.29, 1.82) is 0 Å². The normalized spacial score (nSPS) is 12.3. The van der Waals surface area contributed by atoms with Crippen LogP contribution in [0.15, 0.2) is 18.3 Å². The highest BCUT2D eigenvalue weighted by Gasteiger charge is 2.44. The van der Waals surface area contributed by atoms with Crippen LogP contribution in [0.5, 0.6) is 0 Å². The molecule has 0 amide bonds. The Labute approximate surface area is 118 Å². The third-order valence-corrected chi connectivity index (χ3v) is 2.94. The number of carbonyl (C=O) groups excluding carboxylic acids is 1. The van der Waals surface area contributed by atoms with Crippen LogP contribution >= 0.6 is 0 Å². The van der Waals surface area contributed by atoms with Gasteiger partial charge < -0.3 is 4.74 Å². The zero-order valence-electron chi connectivity index (χ0n) is 12.4. The molecule has 1 aromatic rings. The number of pyridine rings is 1. The van der Waals surface area contributed by atoms with Gasteiger partial charge in [0, 0.05) is 6.20 Å². The molecule has 0 unspecified atom stereocenters. The van der Waals surface area contributed by atoms with Crippen LogP contribution in [0.1, 0.15) is 51.8 Å². The highest BCUT2D eigenvalue weighted by Crippen LogP contribution is 2.31. The second-order valence-corrected chi connectivity index (χ2v) is 5.74. The Hall–Kier alpha value is -1.52. The van der Waals surface area contributed by atoms with Crippen molar-refractivity contribution in [2.75, 3.05) is 6.61 Å². The van der Waals surface area contributed by atoms with Crippen LogP contribution in [0.25, 0.3) is 0 Å². The van der Waals surface area contributed by atoms with Gasteiger partial charge in [0.15, 0.2) is 0 Å². The summed E-state index contributed by atoms with van der Waals surface area (Å²) in [5, 5.41) is 0. The molecule has 0 N–H and O–H groups in total. The summed E-state index contributed by atoms with van der Waals surface area (Å²) in [4.78, 5) is 15.1. The smallest absolute Gasteiger partial charge is 0.384 e.